The van der Waals surface area contributed by atoms with Crippen LogP contribution in [0.3, 0.4) is 0 Å². The first-order valence-electron chi connectivity index (χ1n) is 6.80. The Bertz CT molecular complexity index is 610. The summed E-state index contributed by atoms with van der Waals surface area (Å²) >= 11 is 1.71. The van der Waals surface area contributed by atoms with Gasteiger partial charge in [0.15, 0.2) is 0 Å². The second-order valence-corrected chi connectivity index (χ2v) is 5.85. The Labute approximate surface area is 130 Å². The number of likely N-dealkylation sites (N-methyl/N-ethyl adjacent to an activating group) is 1. The van der Waals surface area contributed by atoms with E-state index in [-0.39, 0.29) is 5.91 Å². The van der Waals surface area contributed by atoms with E-state index in [1.54, 1.807) is 16.7 Å². The van der Waals surface area contributed by atoms with Crippen LogP contribution in [0, 0.1) is 0 Å². The molecule has 2 aromatic rings. The number of nitrogens with two attached hydrogens (primary N) is 1. The number of para-hydroxylation sites is 1. The Kier molecular flexibility index (Phi) is 5.28. The summed E-state index contributed by atoms with van der Waals surface area (Å²) in [6.45, 7) is 0.611. The normalized spacial score (nSPS) is 10.4. The molecule has 2 aromatic carbocycles. The minimum atomic E-state index is 0.0712. The highest BCUT2D eigenvalue weighted by molar-refractivity contribution is 7.98. The van der Waals surface area contributed by atoms with Crippen molar-refractivity contribution < 1.29 is 4.79 Å². The van der Waals surface area contributed by atoms with Crippen LogP contribution < -0.4 is 5.73 Å². The minimum Gasteiger partial charge on any atom is -0.398 e. The van der Waals surface area contributed by atoms with Crippen LogP contribution in [0.15, 0.2) is 53.4 Å². The maximum Gasteiger partial charge on any atom is 0.227 e. The molecule has 0 atom stereocenters. The zero-order valence-corrected chi connectivity index (χ0v) is 13.2. The van der Waals surface area contributed by atoms with Gasteiger partial charge in [0, 0.05) is 24.2 Å². The number of carbonyl (C=O) groups is 1. The molecule has 2 N–H and O–H groups in total. The smallest absolute Gasteiger partial charge is 0.227 e. The van der Waals surface area contributed by atoms with Crippen molar-refractivity contribution in [3.8, 4) is 0 Å². The molecule has 110 valence electrons. The summed E-state index contributed by atoms with van der Waals surface area (Å²) in [6.07, 6.45) is 2.39. The number of nitrogens with zero attached hydrogens (tertiary/aromatic N) is 1. The Morgan fingerprint density at radius 3 is 2.43 bits per heavy atom. The van der Waals surface area contributed by atoms with Gasteiger partial charge in [0.2, 0.25) is 5.91 Å². The van der Waals surface area contributed by atoms with Crippen LogP contribution in [-0.2, 0) is 17.8 Å². The number of anilines is 1. The third-order valence-electron chi connectivity index (χ3n) is 3.40. The quantitative estimate of drug-likeness (QED) is 0.681. The fraction of sp³-hybridized carbons (Fsp3) is 0.235. The topological polar surface area (TPSA) is 46.3 Å². The van der Waals surface area contributed by atoms with Crippen LogP contribution in [0.2, 0.25) is 0 Å². The zero-order chi connectivity index (χ0) is 15.2. The molecule has 21 heavy (non-hydrogen) atoms. The maximum atomic E-state index is 12.3. The number of amides is 1. The van der Waals surface area contributed by atoms with Gasteiger partial charge >= 0.3 is 0 Å². The van der Waals surface area contributed by atoms with E-state index in [0.717, 1.165) is 11.1 Å². The third-order valence-corrected chi connectivity index (χ3v) is 4.14. The SMILES string of the molecule is CSc1ccc(CN(C)C(=O)Cc2ccccc2N)cc1. The number of hydrogen-bond acceptors (Lipinski definition) is 3. The molecule has 3 nitrogen and oxygen atoms in total. The van der Waals surface area contributed by atoms with Crippen LogP contribution in [0.1, 0.15) is 11.1 Å². The molecule has 0 saturated heterocycles. The monoisotopic (exact) mass is 300 g/mol. The predicted molar refractivity (Wildman–Crippen MR) is 89.3 cm³/mol. The van der Waals surface area contributed by atoms with Gasteiger partial charge in [0.1, 0.15) is 0 Å². The predicted octanol–water partition coefficient (Wildman–Crippen LogP) is 3.19. The van der Waals surface area contributed by atoms with E-state index in [0.29, 0.717) is 18.7 Å². The highest BCUT2D eigenvalue weighted by atomic mass is 32.2. The maximum absolute atomic E-state index is 12.3. The van der Waals surface area contributed by atoms with Gasteiger partial charge in [-0.15, -0.1) is 11.8 Å². The molecule has 1 amide bonds. The van der Waals surface area contributed by atoms with Crippen molar-refractivity contribution in [2.24, 2.45) is 0 Å². The average molecular weight is 300 g/mol. The second-order valence-electron chi connectivity index (χ2n) is 4.97. The van der Waals surface area contributed by atoms with E-state index >= 15 is 0 Å². The summed E-state index contributed by atoms with van der Waals surface area (Å²) in [5.74, 6) is 0.0712. The van der Waals surface area contributed by atoms with Crippen molar-refractivity contribution in [1.82, 2.24) is 4.90 Å². The van der Waals surface area contributed by atoms with Crippen LogP contribution in [-0.4, -0.2) is 24.1 Å². The van der Waals surface area contributed by atoms with Crippen molar-refractivity contribution in [2.45, 2.75) is 17.9 Å². The Balaban J connectivity index is 1.97. The van der Waals surface area contributed by atoms with Crippen molar-refractivity contribution >= 4 is 23.4 Å². The fourth-order valence-electron chi connectivity index (χ4n) is 2.09. The van der Waals surface area contributed by atoms with Gasteiger partial charge in [-0.1, -0.05) is 30.3 Å². The number of carbonyl (C=O) groups excluding carboxylic acids is 1. The molecule has 0 bridgehead atoms. The van der Waals surface area contributed by atoms with Gasteiger partial charge in [-0.3, -0.25) is 4.79 Å². The lowest BCUT2D eigenvalue weighted by molar-refractivity contribution is -0.129. The molecular formula is C17H20N2OS. The molecule has 4 heteroatoms. The molecule has 0 aliphatic heterocycles. The van der Waals surface area contributed by atoms with E-state index in [1.165, 1.54) is 4.90 Å². The average Bonchev–Trinajstić information content (AvgIpc) is 2.50. The second kappa shape index (κ2) is 7.18. The van der Waals surface area contributed by atoms with Crippen molar-refractivity contribution in [2.75, 3.05) is 19.0 Å². The first-order valence-corrected chi connectivity index (χ1v) is 8.03. The summed E-state index contributed by atoms with van der Waals surface area (Å²) in [6, 6.07) is 15.8. The van der Waals surface area contributed by atoms with E-state index in [9.17, 15) is 4.79 Å². The summed E-state index contributed by atoms with van der Waals surface area (Å²) in [7, 11) is 1.82. The third kappa shape index (κ3) is 4.26. The van der Waals surface area contributed by atoms with Crippen molar-refractivity contribution in [3.63, 3.8) is 0 Å². The zero-order valence-electron chi connectivity index (χ0n) is 12.4. The lowest BCUT2D eigenvalue weighted by atomic mass is 10.1. The van der Waals surface area contributed by atoms with Gasteiger partial charge in [-0.25, -0.2) is 0 Å². The van der Waals surface area contributed by atoms with Crippen LogP contribution in [0.25, 0.3) is 0 Å². The minimum absolute atomic E-state index is 0.0712. The van der Waals surface area contributed by atoms with E-state index in [2.05, 4.69) is 30.5 Å². The molecule has 0 unspecified atom stereocenters. The first kappa shape index (κ1) is 15.4. The lowest BCUT2D eigenvalue weighted by Crippen LogP contribution is -2.27. The molecule has 0 fully saturated rings. The van der Waals surface area contributed by atoms with Crippen LogP contribution in [0.4, 0.5) is 5.69 Å². The molecule has 0 aliphatic rings. The molecule has 0 radical (unpaired) electrons. The summed E-state index contributed by atoms with van der Waals surface area (Å²) < 4.78 is 0. The number of hydrogen-bond donors (Lipinski definition) is 1. The summed E-state index contributed by atoms with van der Waals surface area (Å²) in [5.41, 5.74) is 8.56. The summed E-state index contributed by atoms with van der Waals surface area (Å²) in [5, 5.41) is 0. The Morgan fingerprint density at radius 1 is 1.14 bits per heavy atom. The first-order chi connectivity index (χ1) is 10.1. The van der Waals surface area contributed by atoms with E-state index in [1.807, 2.05) is 31.3 Å². The fourth-order valence-corrected chi connectivity index (χ4v) is 2.49. The lowest BCUT2D eigenvalue weighted by Gasteiger charge is -2.18. The van der Waals surface area contributed by atoms with Gasteiger partial charge in [0.25, 0.3) is 0 Å². The molecule has 0 aliphatic carbocycles. The number of nitrogen functional groups attached to an aromatic ring is 1. The number of rotatable bonds is 5. The van der Waals surface area contributed by atoms with Gasteiger partial charge in [-0.05, 0) is 35.6 Å². The van der Waals surface area contributed by atoms with E-state index < -0.39 is 0 Å². The standard InChI is InChI=1S/C17H20N2OS/c1-19(12-13-7-9-15(21-2)10-8-13)17(20)11-14-5-3-4-6-16(14)18/h3-10H,11-12,18H2,1-2H3. The Morgan fingerprint density at radius 2 is 1.81 bits per heavy atom. The molecule has 0 spiro atoms. The van der Waals surface area contributed by atoms with Gasteiger partial charge in [-0.2, -0.15) is 0 Å². The Hall–Kier alpha value is -1.94. The van der Waals surface area contributed by atoms with Crippen molar-refractivity contribution in [3.05, 3.63) is 59.7 Å². The largest absolute Gasteiger partial charge is 0.398 e. The molecule has 0 aromatic heterocycles. The number of thioether (sulfide) groups is 1. The highest BCUT2D eigenvalue weighted by Gasteiger charge is 2.11. The van der Waals surface area contributed by atoms with Gasteiger partial charge < -0.3 is 10.6 Å². The van der Waals surface area contributed by atoms with E-state index in [4.69, 9.17) is 5.73 Å². The van der Waals surface area contributed by atoms with Crippen LogP contribution in [0.5, 0.6) is 0 Å². The van der Waals surface area contributed by atoms with Crippen LogP contribution >= 0.6 is 11.8 Å². The summed E-state index contributed by atoms with van der Waals surface area (Å²) in [4.78, 5) is 15.2. The number of benzene rings is 2. The van der Waals surface area contributed by atoms with Gasteiger partial charge in [0.05, 0.1) is 6.42 Å². The highest BCUT2D eigenvalue weighted by Crippen LogP contribution is 2.16. The van der Waals surface area contributed by atoms with Crippen molar-refractivity contribution in [1.29, 1.82) is 0 Å². The molecular weight excluding hydrogens is 280 g/mol. The molecule has 0 saturated carbocycles. The molecule has 2 rings (SSSR count). The molecule has 0 heterocycles.